The first-order valence-corrected chi connectivity index (χ1v) is 4.87. The van der Waals surface area contributed by atoms with Gasteiger partial charge in [-0.1, -0.05) is 30.7 Å². The number of likely N-dealkylation sites (N-methyl/N-ethyl adjacent to an activating group) is 1. The van der Waals surface area contributed by atoms with E-state index in [2.05, 4.69) is 5.32 Å². The Hall–Kier alpha value is -1.15. The predicted octanol–water partition coefficient (Wildman–Crippen LogP) is 2.76. The van der Waals surface area contributed by atoms with Crippen molar-refractivity contribution in [2.45, 2.75) is 13.8 Å². The maximum absolute atomic E-state index is 13.2. The third kappa shape index (κ3) is 3.30. The first-order chi connectivity index (χ1) is 6.74. The monoisotopic (exact) mass is 193 g/mol. The van der Waals surface area contributed by atoms with E-state index in [0.717, 1.165) is 18.7 Å². The Morgan fingerprint density at radius 3 is 2.93 bits per heavy atom. The molecule has 14 heavy (non-hydrogen) atoms. The van der Waals surface area contributed by atoms with Gasteiger partial charge in [0.15, 0.2) is 0 Å². The smallest absolute Gasteiger partial charge is 0.130 e. The Bertz CT molecular complexity index is 318. The van der Waals surface area contributed by atoms with Gasteiger partial charge in [-0.15, -0.1) is 0 Å². The highest BCUT2D eigenvalue weighted by Crippen LogP contribution is 2.11. The maximum Gasteiger partial charge on any atom is 0.130 e. The molecular weight excluding hydrogens is 177 g/mol. The van der Waals surface area contributed by atoms with E-state index < -0.39 is 0 Å². The van der Waals surface area contributed by atoms with Gasteiger partial charge < -0.3 is 5.32 Å². The summed E-state index contributed by atoms with van der Waals surface area (Å²) in [5.74, 6) is -0.164. The van der Waals surface area contributed by atoms with E-state index >= 15 is 0 Å². The lowest BCUT2D eigenvalue weighted by Crippen LogP contribution is -2.11. The maximum atomic E-state index is 13.2. The molecule has 76 valence electrons. The molecule has 0 spiro atoms. The van der Waals surface area contributed by atoms with E-state index in [1.807, 2.05) is 32.1 Å². The molecule has 0 amide bonds. The Morgan fingerprint density at radius 2 is 2.21 bits per heavy atom. The second kappa shape index (κ2) is 5.55. The molecule has 0 unspecified atom stereocenters. The Morgan fingerprint density at radius 1 is 1.43 bits per heavy atom. The summed E-state index contributed by atoms with van der Waals surface area (Å²) in [5.41, 5.74) is 1.73. The highest BCUT2D eigenvalue weighted by atomic mass is 19.1. The summed E-state index contributed by atoms with van der Waals surface area (Å²) in [6.07, 6.45) is 3.74. The Balaban J connectivity index is 2.65. The van der Waals surface area contributed by atoms with Crippen molar-refractivity contribution in [1.29, 1.82) is 0 Å². The van der Waals surface area contributed by atoms with E-state index in [1.165, 1.54) is 6.07 Å². The summed E-state index contributed by atoms with van der Waals surface area (Å²) < 4.78 is 13.2. The number of benzene rings is 1. The molecule has 0 fully saturated rings. The van der Waals surface area contributed by atoms with Crippen LogP contribution in [0.15, 0.2) is 24.3 Å². The van der Waals surface area contributed by atoms with Crippen LogP contribution in [0.25, 0.3) is 6.08 Å². The molecule has 2 heteroatoms. The molecule has 0 heterocycles. The highest BCUT2D eigenvalue weighted by Gasteiger charge is 1.96. The van der Waals surface area contributed by atoms with Crippen molar-refractivity contribution in [1.82, 2.24) is 5.32 Å². The van der Waals surface area contributed by atoms with Crippen LogP contribution < -0.4 is 5.32 Å². The number of nitrogens with one attached hydrogen (secondary N) is 1. The average molecular weight is 193 g/mol. The van der Waals surface area contributed by atoms with Gasteiger partial charge in [-0.3, -0.25) is 0 Å². The van der Waals surface area contributed by atoms with E-state index in [-0.39, 0.29) is 5.82 Å². The molecule has 0 saturated carbocycles. The quantitative estimate of drug-likeness (QED) is 0.725. The van der Waals surface area contributed by atoms with Crippen LogP contribution in [0.4, 0.5) is 4.39 Å². The van der Waals surface area contributed by atoms with Gasteiger partial charge in [0.05, 0.1) is 0 Å². The fourth-order valence-electron chi connectivity index (χ4n) is 1.20. The number of hydrogen-bond donors (Lipinski definition) is 1. The molecular formula is C12H16FN. The molecule has 1 nitrogen and oxygen atoms in total. The summed E-state index contributed by atoms with van der Waals surface area (Å²) in [6.45, 7) is 5.71. The Kier molecular flexibility index (Phi) is 4.33. The zero-order chi connectivity index (χ0) is 10.4. The van der Waals surface area contributed by atoms with Crippen LogP contribution >= 0.6 is 0 Å². The van der Waals surface area contributed by atoms with Gasteiger partial charge in [-0.2, -0.15) is 0 Å². The molecule has 0 saturated heterocycles. The van der Waals surface area contributed by atoms with Crippen LogP contribution in [0.5, 0.6) is 0 Å². The Labute approximate surface area is 84.6 Å². The van der Waals surface area contributed by atoms with Crippen molar-refractivity contribution >= 4 is 6.08 Å². The van der Waals surface area contributed by atoms with Crippen LogP contribution in [-0.2, 0) is 0 Å². The molecule has 0 aliphatic carbocycles. The fraction of sp³-hybridized carbons (Fsp3) is 0.333. The molecule has 1 N–H and O–H groups in total. The topological polar surface area (TPSA) is 12.0 Å². The first-order valence-electron chi connectivity index (χ1n) is 4.87. The molecule has 0 radical (unpaired) electrons. The molecule has 1 aromatic carbocycles. The molecule has 0 atom stereocenters. The minimum Gasteiger partial charge on any atom is -0.314 e. The van der Waals surface area contributed by atoms with Gasteiger partial charge in [0.25, 0.3) is 0 Å². The molecule has 0 aliphatic heterocycles. The molecule has 1 aromatic rings. The third-order valence-electron chi connectivity index (χ3n) is 1.96. The summed E-state index contributed by atoms with van der Waals surface area (Å²) in [6, 6.07) is 5.12. The number of halogens is 1. The number of rotatable bonds is 4. The average Bonchev–Trinajstić information content (AvgIpc) is 2.18. The first kappa shape index (κ1) is 10.9. The van der Waals surface area contributed by atoms with Crippen molar-refractivity contribution in [3.63, 3.8) is 0 Å². The van der Waals surface area contributed by atoms with Crippen LogP contribution in [0.2, 0.25) is 0 Å². The lowest BCUT2D eigenvalue weighted by Gasteiger charge is -1.99. The fourth-order valence-corrected chi connectivity index (χ4v) is 1.20. The lowest BCUT2D eigenvalue weighted by atomic mass is 10.1. The largest absolute Gasteiger partial charge is 0.314 e. The second-order valence-electron chi connectivity index (χ2n) is 3.24. The minimum absolute atomic E-state index is 0.164. The minimum atomic E-state index is -0.164. The van der Waals surface area contributed by atoms with Gasteiger partial charge in [0.2, 0.25) is 0 Å². The van der Waals surface area contributed by atoms with Crippen LogP contribution in [-0.4, -0.2) is 13.1 Å². The van der Waals surface area contributed by atoms with Gasteiger partial charge in [0, 0.05) is 12.1 Å². The number of hydrogen-bond acceptors (Lipinski definition) is 1. The SMILES string of the molecule is CCNC/C=C/c1cc(C)ccc1F. The van der Waals surface area contributed by atoms with Gasteiger partial charge in [0.1, 0.15) is 5.82 Å². The van der Waals surface area contributed by atoms with Crippen molar-refractivity contribution in [3.8, 4) is 0 Å². The summed E-state index contributed by atoms with van der Waals surface area (Å²) in [5, 5.41) is 3.14. The highest BCUT2D eigenvalue weighted by molar-refractivity contribution is 5.51. The van der Waals surface area contributed by atoms with Crippen LogP contribution in [0.1, 0.15) is 18.1 Å². The molecule has 1 rings (SSSR count). The van der Waals surface area contributed by atoms with Crippen molar-refractivity contribution in [2.75, 3.05) is 13.1 Å². The van der Waals surface area contributed by atoms with E-state index in [0.29, 0.717) is 5.56 Å². The molecule has 0 aromatic heterocycles. The normalized spacial score (nSPS) is 11.1. The molecule has 0 bridgehead atoms. The standard InChI is InChI=1S/C12H16FN/c1-3-14-8-4-5-11-9-10(2)6-7-12(11)13/h4-7,9,14H,3,8H2,1-2H3/b5-4+. The summed E-state index contributed by atoms with van der Waals surface area (Å²) in [4.78, 5) is 0. The summed E-state index contributed by atoms with van der Waals surface area (Å²) >= 11 is 0. The van der Waals surface area contributed by atoms with Crippen LogP contribution in [0.3, 0.4) is 0 Å². The van der Waals surface area contributed by atoms with E-state index in [4.69, 9.17) is 0 Å². The van der Waals surface area contributed by atoms with E-state index in [1.54, 1.807) is 6.07 Å². The van der Waals surface area contributed by atoms with Crippen molar-refractivity contribution in [2.24, 2.45) is 0 Å². The zero-order valence-electron chi connectivity index (χ0n) is 8.68. The molecule has 0 aliphatic rings. The van der Waals surface area contributed by atoms with Crippen LogP contribution in [0, 0.1) is 12.7 Å². The van der Waals surface area contributed by atoms with Crippen molar-refractivity contribution in [3.05, 3.63) is 41.2 Å². The van der Waals surface area contributed by atoms with Gasteiger partial charge in [-0.25, -0.2) is 4.39 Å². The van der Waals surface area contributed by atoms with Gasteiger partial charge in [-0.05, 0) is 25.6 Å². The van der Waals surface area contributed by atoms with Crippen molar-refractivity contribution < 1.29 is 4.39 Å². The third-order valence-corrected chi connectivity index (χ3v) is 1.96. The zero-order valence-corrected chi connectivity index (χ0v) is 8.68. The summed E-state index contributed by atoms with van der Waals surface area (Å²) in [7, 11) is 0. The lowest BCUT2D eigenvalue weighted by molar-refractivity contribution is 0.624. The van der Waals surface area contributed by atoms with E-state index in [9.17, 15) is 4.39 Å². The predicted molar refractivity (Wildman–Crippen MR) is 58.7 cm³/mol. The second-order valence-corrected chi connectivity index (χ2v) is 3.24. The number of aryl methyl sites for hydroxylation is 1. The van der Waals surface area contributed by atoms with Gasteiger partial charge >= 0.3 is 0 Å².